The molecule has 1 aromatic carbocycles. The fraction of sp³-hybridized carbons (Fsp3) is 0.375. The molecule has 0 radical (unpaired) electrons. The van der Waals surface area contributed by atoms with E-state index >= 15 is 0 Å². The smallest absolute Gasteiger partial charge is 0.238 e. The lowest BCUT2D eigenvalue weighted by Gasteiger charge is -2.11. The van der Waals surface area contributed by atoms with Crippen molar-refractivity contribution in [2.24, 2.45) is 0 Å². The molecule has 0 fully saturated rings. The van der Waals surface area contributed by atoms with Crippen LogP contribution in [-0.2, 0) is 27.6 Å². The van der Waals surface area contributed by atoms with Gasteiger partial charge in [-0.3, -0.25) is 4.79 Å². The Morgan fingerprint density at radius 2 is 2.00 bits per heavy atom. The molecule has 23 heavy (non-hydrogen) atoms. The monoisotopic (exact) mass is 335 g/mol. The van der Waals surface area contributed by atoms with Crippen LogP contribution in [0.4, 0.5) is 0 Å². The molecule has 6 nitrogen and oxygen atoms in total. The molecule has 1 heterocycles. The summed E-state index contributed by atoms with van der Waals surface area (Å²) in [7, 11) is -3.37. The maximum absolute atomic E-state index is 11.8. The number of imidazole rings is 1. The Hall–Kier alpha value is -2.15. The zero-order valence-electron chi connectivity index (χ0n) is 13.3. The zero-order valence-corrected chi connectivity index (χ0v) is 14.1. The molecular weight excluding hydrogens is 314 g/mol. The molecule has 0 aliphatic heterocycles. The molecule has 2 aromatic rings. The van der Waals surface area contributed by atoms with E-state index in [9.17, 15) is 13.2 Å². The fourth-order valence-corrected chi connectivity index (χ4v) is 2.60. The van der Waals surface area contributed by atoms with Crippen molar-refractivity contribution < 1.29 is 13.2 Å². The summed E-state index contributed by atoms with van der Waals surface area (Å²) in [5.74, 6) is 0.370. The van der Waals surface area contributed by atoms with Gasteiger partial charge in [-0.1, -0.05) is 30.3 Å². The molecule has 124 valence electrons. The van der Waals surface area contributed by atoms with E-state index in [-0.39, 0.29) is 0 Å². The first-order valence-corrected chi connectivity index (χ1v) is 9.34. The Kier molecular flexibility index (Phi) is 5.54. The van der Waals surface area contributed by atoms with E-state index in [1.54, 1.807) is 6.20 Å². The predicted octanol–water partition coefficient (Wildman–Crippen LogP) is 1.02. The van der Waals surface area contributed by atoms with Gasteiger partial charge in [0.15, 0.2) is 9.84 Å². The van der Waals surface area contributed by atoms with Crippen LogP contribution >= 0.6 is 0 Å². The van der Waals surface area contributed by atoms with Gasteiger partial charge in [-0.05, 0) is 12.5 Å². The summed E-state index contributed by atoms with van der Waals surface area (Å²) in [5.41, 5.74) is 1.17. The Morgan fingerprint density at radius 1 is 1.30 bits per heavy atom. The van der Waals surface area contributed by atoms with Gasteiger partial charge in [0.05, 0.1) is 0 Å². The molecular formula is C16H21N3O3S. The van der Waals surface area contributed by atoms with Gasteiger partial charge in [-0.2, -0.15) is 0 Å². The Labute approximate surface area is 136 Å². The van der Waals surface area contributed by atoms with E-state index in [4.69, 9.17) is 0 Å². The highest BCUT2D eigenvalue weighted by molar-refractivity contribution is 7.92. The van der Waals surface area contributed by atoms with Gasteiger partial charge in [0.1, 0.15) is 11.1 Å². The highest BCUT2D eigenvalue weighted by atomic mass is 32.2. The molecule has 0 saturated heterocycles. The number of carbonyl (C=O) groups excluding carboxylic acids is 1. The van der Waals surface area contributed by atoms with Crippen LogP contribution in [0.3, 0.4) is 0 Å². The second-order valence-corrected chi connectivity index (χ2v) is 7.84. The lowest BCUT2D eigenvalue weighted by atomic mass is 10.2. The van der Waals surface area contributed by atoms with Crippen LogP contribution in [0, 0.1) is 0 Å². The number of amides is 1. The second-order valence-electron chi connectivity index (χ2n) is 5.47. The van der Waals surface area contributed by atoms with E-state index in [1.807, 2.05) is 41.1 Å². The van der Waals surface area contributed by atoms with E-state index in [2.05, 4.69) is 10.3 Å². The van der Waals surface area contributed by atoms with E-state index < -0.39 is 21.0 Å². The lowest BCUT2D eigenvalue weighted by molar-refractivity contribution is -0.120. The minimum absolute atomic E-state index is 0.352. The summed E-state index contributed by atoms with van der Waals surface area (Å²) >= 11 is 0. The molecule has 1 amide bonds. The zero-order chi connectivity index (χ0) is 16.9. The number of hydrogen-bond donors (Lipinski definition) is 1. The van der Waals surface area contributed by atoms with Gasteiger partial charge in [0, 0.05) is 38.2 Å². The first kappa shape index (κ1) is 17.2. The van der Waals surface area contributed by atoms with Crippen molar-refractivity contribution in [2.75, 3.05) is 12.8 Å². The van der Waals surface area contributed by atoms with Crippen LogP contribution < -0.4 is 5.32 Å². The van der Waals surface area contributed by atoms with Gasteiger partial charge in [-0.15, -0.1) is 0 Å². The van der Waals surface area contributed by atoms with Crippen LogP contribution in [0.2, 0.25) is 0 Å². The van der Waals surface area contributed by atoms with E-state index in [0.717, 1.165) is 12.1 Å². The average molecular weight is 335 g/mol. The Balaban J connectivity index is 1.90. The first-order valence-electron chi connectivity index (χ1n) is 7.38. The van der Waals surface area contributed by atoms with Crippen LogP contribution in [0.5, 0.6) is 0 Å². The Morgan fingerprint density at radius 3 is 2.65 bits per heavy atom. The van der Waals surface area contributed by atoms with Crippen LogP contribution in [0.1, 0.15) is 18.3 Å². The van der Waals surface area contributed by atoms with Crippen molar-refractivity contribution in [3.05, 3.63) is 54.1 Å². The minimum Gasteiger partial charge on any atom is -0.355 e. The number of nitrogens with one attached hydrogen (secondary N) is 1. The third kappa shape index (κ3) is 4.92. The second kappa shape index (κ2) is 7.41. The SMILES string of the molecule is C[C@@H](C(=O)NCCc1nccn1Cc1ccccc1)S(C)(=O)=O. The maximum atomic E-state index is 11.8. The van der Waals surface area contributed by atoms with Crippen molar-refractivity contribution in [3.63, 3.8) is 0 Å². The average Bonchev–Trinajstić information content (AvgIpc) is 2.93. The summed E-state index contributed by atoms with van der Waals surface area (Å²) in [6, 6.07) is 10.0. The van der Waals surface area contributed by atoms with Gasteiger partial charge in [-0.25, -0.2) is 13.4 Å². The largest absolute Gasteiger partial charge is 0.355 e. The molecule has 1 atom stereocenters. The third-order valence-electron chi connectivity index (χ3n) is 3.66. The van der Waals surface area contributed by atoms with Crippen molar-refractivity contribution in [1.29, 1.82) is 0 Å². The molecule has 1 N–H and O–H groups in total. The topological polar surface area (TPSA) is 81.1 Å². The highest BCUT2D eigenvalue weighted by Crippen LogP contribution is 2.06. The predicted molar refractivity (Wildman–Crippen MR) is 88.8 cm³/mol. The molecule has 0 bridgehead atoms. The van der Waals surface area contributed by atoms with Gasteiger partial charge >= 0.3 is 0 Å². The molecule has 7 heteroatoms. The van der Waals surface area contributed by atoms with E-state index in [0.29, 0.717) is 19.5 Å². The normalized spacial score (nSPS) is 12.8. The standard InChI is InChI=1S/C16H21N3O3S/c1-13(23(2,21)22)16(20)18-9-8-15-17-10-11-19(15)12-14-6-4-3-5-7-14/h3-7,10-11,13H,8-9,12H2,1-2H3,(H,18,20)/t13-/m0/s1. The van der Waals surface area contributed by atoms with Crippen LogP contribution in [-0.4, -0.2) is 41.9 Å². The lowest BCUT2D eigenvalue weighted by Crippen LogP contribution is -2.38. The third-order valence-corrected chi connectivity index (χ3v) is 5.16. The van der Waals surface area contributed by atoms with Crippen LogP contribution in [0.25, 0.3) is 0 Å². The van der Waals surface area contributed by atoms with Crippen LogP contribution in [0.15, 0.2) is 42.7 Å². The molecule has 0 aliphatic rings. The minimum atomic E-state index is -3.37. The van der Waals surface area contributed by atoms with Crippen molar-refractivity contribution in [2.45, 2.75) is 25.1 Å². The molecule has 0 spiro atoms. The molecule has 0 unspecified atom stereocenters. The number of hydrogen-bond acceptors (Lipinski definition) is 4. The van der Waals surface area contributed by atoms with Crippen molar-refractivity contribution in [1.82, 2.24) is 14.9 Å². The number of carbonyl (C=O) groups is 1. The summed E-state index contributed by atoms with van der Waals surface area (Å²) < 4.78 is 24.7. The maximum Gasteiger partial charge on any atom is 0.238 e. The number of nitrogens with zero attached hydrogens (tertiary/aromatic N) is 2. The molecule has 0 aliphatic carbocycles. The molecule has 2 rings (SSSR count). The quantitative estimate of drug-likeness (QED) is 0.819. The number of benzene rings is 1. The van der Waals surface area contributed by atoms with Gasteiger partial charge < -0.3 is 9.88 Å². The first-order chi connectivity index (χ1) is 10.9. The van der Waals surface area contributed by atoms with Crippen molar-refractivity contribution >= 4 is 15.7 Å². The highest BCUT2D eigenvalue weighted by Gasteiger charge is 2.22. The molecule has 1 aromatic heterocycles. The number of sulfone groups is 1. The summed E-state index contributed by atoms with van der Waals surface area (Å²) in [6.07, 6.45) is 5.22. The van der Waals surface area contributed by atoms with E-state index in [1.165, 1.54) is 12.5 Å². The van der Waals surface area contributed by atoms with Gasteiger partial charge in [0.25, 0.3) is 0 Å². The number of rotatable bonds is 7. The molecule has 0 saturated carbocycles. The fourth-order valence-electron chi connectivity index (χ4n) is 2.13. The van der Waals surface area contributed by atoms with Crippen molar-refractivity contribution in [3.8, 4) is 0 Å². The summed E-state index contributed by atoms with van der Waals surface area (Å²) in [4.78, 5) is 16.1. The summed E-state index contributed by atoms with van der Waals surface area (Å²) in [5, 5.41) is 1.61. The Bertz CT molecular complexity index is 754. The summed E-state index contributed by atoms with van der Waals surface area (Å²) in [6.45, 7) is 2.45. The van der Waals surface area contributed by atoms with Gasteiger partial charge in [0.2, 0.25) is 5.91 Å². The number of aromatic nitrogens is 2.